The predicted molar refractivity (Wildman–Crippen MR) is 94.6 cm³/mol. The van der Waals surface area contributed by atoms with E-state index < -0.39 is 13.0 Å². The molecular weight excluding hydrogens is 330 g/mol. The summed E-state index contributed by atoms with van der Waals surface area (Å²) < 4.78 is 6.86. The molecule has 2 rings (SSSR count). The van der Waals surface area contributed by atoms with Gasteiger partial charge >= 0.3 is 0 Å². The van der Waals surface area contributed by atoms with Crippen molar-refractivity contribution in [2.45, 2.75) is 32.4 Å². The number of ether oxygens (including phenoxy) is 1. The molecule has 0 saturated carbocycles. The van der Waals surface area contributed by atoms with Gasteiger partial charge in [-0.25, -0.2) is 10.8 Å². The first-order valence-corrected chi connectivity index (χ1v) is 11.2. The van der Waals surface area contributed by atoms with Crippen molar-refractivity contribution in [3.05, 3.63) is 38.7 Å². The molecular formula is C14H21N5O4Si. The molecule has 1 aromatic carbocycles. The van der Waals surface area contributed by atoms with Crippen LogP contribution in [0.2, 0.25) is 25.7 Å². The first kappa shape index (κ1) is 18.0. The number of benzene rings is 1. The van der Waals surface area contributed by atoms with E-state index in [1.165, 1.54) is 22.8 Å². The molecule has 3 N–H and O–H groups in total. The van der Waals surface area contributed by atoms with Crippen LogP contribution in [0, 0.1) is 10.1 Å². The highest BCUT2D eigenvalue weighted by molar-refractivity contribution is 6.76. The number of nitrogen functional groups attached to an aromatic ring is 1. The van der Waals surface area contributed by atoms with Crippen molar-refractivity contribution in [3.63, 3.8) is 0 Å². The van der Waals surface area contributed by atoms with Gasteiger partial charge in [-0.1, -0.05) is 19.6 Å². The molecule has 24 heavy (non-hydrogen) atoms. The SMILES string of the molecule is C[Si](C)(C)CCOCn1c(NN)nc2cc([N+](=O)[O-])ccc2c1=O. The van der Waals surface area contributed by atoms with Crippen LogP contribution in [0.25, 0.3) is 10.9 Å². The number of nitrogens with two attached hydrogens (primary N) is 1. The average Bonchev–Trinajstić information content (AvgIpc) is 2.51. The van der Waals surface area contributed by atoms with E-state index in [1.807, 2.05) is 0 Å². The number of aromatic nitrogens is 2. The summed E-state index contributed by atoms with van der Waals surface area (Å²) in [6.45, 7) is 7.27. The van der Waals surface area contributed by atoms with Gasteiger partial charge in [-0.2, -0.15) is 0 Å². The maximum absolute atomic E-state index is 12.6. The fourth-order valence-corrected chi connectivity index (χ4v) is 2.84. The third kappa shape index (κ3) is 4.16. The van der Waals surface area contributed by atoms with E-state index in [0.29, 0.717) is 6.61 Å². The van der Waals surface area contributed by atoms with Gasteiger partial charge in [0.2, 0.25) is 5.95 Å². The number of non-ortho nitro benzene ring substituents is 1. The second-order valence-electron chi connectivity index (χ2n) is 6.62. The average molecular weight is 351 g/mol. The summed E-state index contributed by atoms with van der Waals surface area (Å²) in [5.74, 6) is 5.53. The van der Waals surface area contributed by atoms with E-state index in [4.69, 9.17) is 10.6 Å². The lowest BCUT2D eigenvalue weighted by Crippen LogP contribution is -2.29. The van der Waals surface area contributed by atoms with Gasteiger partial charge in [-0.05, 0) is 12.1 Å². The third-order valence-corrected chi connectivity index (χ3v) is 5.20. The van der Waals surface area contributed by atoms with Crippen molar-refractivity contribution < 1.29 is 9.66 Å². The Bertz CT molecular complexity index is 815. The maximum Gasteiger partial charge on any atom is 0.271 e. The number of nitro benzene ring substituents is 1. The molecule has 9 nitrogen and oxygen atoms in total. The van der Waals surface area contributed by atoms with E-state index >= 15 is 0 Å². The molecule has 0 aliphatic carbocycles. The van der Waals surface area contributed by atoms with Gasteiger partial charge in [-0.3, -0.25) is 24.9 Å². The number of hydrazine groups is 1. The first-order chi connectivity index (χ1) is 11.2. The molecule has 0 bridgehead atoms. The number of rotatable bonds is 7. The predicted octanol–water partition coefficient (Wildman–Crippen LogP) is 1.90. The summed E-state index contributed by atoms with van der Waals surface area (Å²) in [7, 11) is -1.22. The van der Waals surface area contributed by atoms with Crippen molar-refractivity contribution in [1.29, 1.82) is 0 Å². The highest BCUT2D eigenvalue weighted by Gasteiger charge is 2.15. The van der Waals surface area contributed by atoms with Crippen molar-refractivity contribution in [3.8, 4) is 0 Å². The molecule has 1 heterocycles. The Hall–Kier alpha value is -2.30. The van der Waals surface area contributed by atoms with Crippen molar-refractivity contribution in [2.75, 3.05) is 12.0 Å². The summed E-state index contributed by atoms with van der Waals surface area (Å²) in [5.41, 5.74) is 2.05. The molecule has 130 valence electrons. The van der Waals surface area contributed by atoms with Gasteiger partial charge in [-0.15, -0.1) is 0 Å². The smallest absolute Gasteiger partial charge is 0.271 e. The molecule has 2 aromatic rings. The van der Waals surface area contributed by atoms with E-state index in [1.54, 1.807) is 0 Å². The third-order valence-electron chi connectivity index (χ3n) is 3.50. The van der Waals surface area contributed by atoms with Crippen LogP contribution in [-0.4, -0.2) is 29.2 Å². The van der Waals surface area contributed by atoms with E-state index in [2.05, 4.69) is 30.1 Å². The monoisotopic (exact) mass is 351 g/mol. The second-order valence-corrected chi connectivity index (χ2v) is 12.2. The second kappa shape index (κ2) is 7.07. The standard InChI is InChI=1S/C14H21N5O4Si/c1-24(2,3)7-6-23-9-18-13(20)11-5-4-10(19(21)22)8-12(11)16-14(18)17-15/h4-5,8H,6-7,9,15H2,1-3H3,(H,16,17). The summed E-state index contributed by atoms with van der Waals surface area (Å²) >= 11 is 0. The number of hydrogen-bond acceptors (Lipinski definition) is 7. The fourth-order valence-electron chi connectivity index (χ4n) is 2.09. The van der Waals surface area contributed by atoms with Crippen molar-refractivity contribution in [1.82, 2.24) is 9.55 Å². The van der Waals surface area contributed by atoms with Crippen LogP contribution >= 0.6 is 0 Å². The highest BCUT2D eigenvalue weighted by atomic mass is 28.3. The Kier molecular flexibility index (Phi) is 5.32. The van der Waals surface area contributed by atoms with E-state index in [9.17, 15) is 14.9 Å². The zero-order chi connectivity index (χ0) is 17.9. The minimum Gasteiger partial charge on any atom is -0.361 e. The van der Waals surface area contributed by atoms with Crippen LogP contribution in [0.15, 0.2) is 23.0 Å². The zero-order valence-corrected chi connectivity index (χ0v) is 14.9. The van der Waals surface area contributed by atoms with Crippen LogP contribution in [0.1, 0.15) is 0 Å². The number of anilines is 1. The topological polar surface area (TPSA) is 125 Å². The van der Waals surface area contributed by atoms with Crippen molar-refractivity contribution >= 4 is 30.6 Å². The molecule has 0 saturated heterocycles. The number of nitrogens with zero attached hydrogens (tertiary/aromatic N) is 3. The molecule has 0 radical (unpaired) electrons. The molecule has 1 aromatic heterocycles. The number of nitro groups is 1. The molecule has 0 spiro atoms. The van der Waals surface area contributed by atoms with Gasteiger partial charge in [0.15, 0.2) is 0 Å². The van der Waals surface area contributed by atoms with E-state index in [-0.39, 0.29) is 34.8 Å². The quantitative estimate of drug-likeness (QED) is 0.256. The summed E-state index contributed by atoms with van der Waals surface area (Å²) in [5, 5.41) is 11.1. The molecule has 0 atom stereocenters. The molecule has 0 aliphatic heterocycles. The van der Waals surface area contributed by atoms with Crippen molar-refractivity contribution in [2.24, 2.45) is 5.84 Å². The lowest BCUT2D eigenvalue weighted by Gasteiger charge is -2.17. The number of nitrogens with one attached hydrogen (secondary N) is 1. The highest BCUT2D eigenvalue weighted by Crippen LogP contribution is 2.18. The van der Waals surface area contributed by atoms with Gasteiger partial charge < -0.3 is 4.74 Å². The number of fused-ring (bicyclic) bond motifs is 1. The van der Waals surface area contributed by atoms with Crippen LogP contribution in [0.5, 0.6) is 0 Å². The summed E-state index contributed by atoms with van der Waals surface area (Å²) in [6.07, 6.45) is 0. The zero-order valence-electron chi connectivity index (χ0n) is 13.9. The molecule has 0 amide bonds. The largest absolute Gasteiger partial charge is 0.361 e. The Morgan fingerprint density at radius 3 is 2.71 bits per heavy atom. The molecule has 0 aliphatic rings. The van der Waals surface area contributed by atoms with Gasteiger partial charge in [0.05, 0.1) is 15.8 Å². The minimum absolute atomic E-state index is 0.0166. The van der Waals surface area contributed by atoms with Crippen LogP contribution in [-0.2, 0) is 11.5 Å². The van der Waals surface area contributed by atoms with Gasteiger partial charge in [0, 0.05) is 26.8 Å². The Morgan fingerprint density at radius 1 is 1.42 bits per heavy atom. The van der Waals surface area contributed by atoms with Crippen LogP contribution in [0.3, 0.4) is 0 Å². The Labute approximate surface area is 139 Å². The molecule has 0 fully saturated rings. The number of hydrogen-bond donors (Lipinski definition) is 2. The normalized spacial score (nSPS) is 11.7. The maximum atomic E-state index is 12.6. The molecule has 0 unspecified atom stereocenters. The lowest BCUT2D eigenvalue weighted by atomic mass is 10.2. The van der Waals surface area contributed by atoms with Crippen LogP contribution < -0.4 is 16.8 Å². The van der Waals surface area contributed by atoms with Crippen LogP contribution in [0.4, 0.5) is 11.6 Å². The lowest BCUT2D eigenvalue weighted by molar-refractivity contribution is -0.384. The van der Waals surface area contributed by atoms with Gasteiger partial charge in [0.1, 0.15) is 6.73 Å². The Balaban J connectivity index is 2.32. The van der Waals surface area contributed by atoms with E-state index in [0.717, 1.165) is 6.04 Å². The minimum atomic E-state index is -1.22. The summed E-state index contributed by atoms with van der Waals surface area (Å²) in [6, 6.07) is 4.88. The fraction of sp³-hybridized carbons (Fsp3) is 0.429. The molecule has 10 heteroatoms. The summed E-state index contributed by atoms with van der Waals surface area (Å²) in [4.78, 5) is 27.0. The Morgan fingerprint density at radius 2 is 2.12 bits per heavy atom. The first-order valence-electron chi connectivity index (χ1n) is 7.46. The van der Waals surface area contributed by atoms with Gasteiger partial charge in [0.25, 0.3) is 11.2 Å².